The molecular formula is C19H26N6O2. The van der Waals surface area contributed by atoms with Crippen LogP contribution in [0.3, 0.4) is 0 Å². The predicted molar refractivity (Wildman–Crippen MR) is 104 cm³/mol. The number of amides is 3. The van der Waals surface area contributed by atoms with E-state index in [9.17, 15) is 9.59 Å². The summed E-state index contributed by atoms with van der Waals surface area (Å²) in [7, 11) is 0. The second-order valence-corrected chi connectivity index (χ2v) is 6.64. The lowest BCUT2D eigenvalue weighted by Gasteiger charge is -2.20. The maximum Gasteiger partial charge on any atom is 0.319 e. The number of urea groups is 1. The molecule has 1 unspecified atom stereocenters. The third-order valence-electron chi connectivity index (χ3n) is 4.79. The highest BCUT2D eigenvalue weighted by atomic mass is 16.2. The van der Waals surface area contributed by atoms with Crippen molar-refractivity contribution in [1.29, 1.82) is 0 Å². The summed E-state index contributed by atoms with van der Waals surface area (Å²) in [5, 5.41) is 9.98. The SMILES string of the molecule is CCC(NC(=O)Nc1ccc(N2CCCC2=O)c(C)c1)c1ncnn1CC. The van der Waals surface area contributed by atoms with E-state index < -0.39 is 0 Å². The van der Waals surface area contributed by atoms with Crippen LogP contribution in [0, 0.1) is 6.92 Å². The zero-order valence-electron chi connectivity index (χ0n) is 16.0. The number of hydrogen-bond acceptors (Lipinski definition) is 4. The fourth-order valence-corrected chi connectivity index (χ4v) is 3.40. The Bertz CT molecular complexity index is 831. The van der Waals surface area contributed by atoms with E-state index in [1.165, 1.54) is 6.33 Å². The van der Waals surface area contributed by atoms with Crippen LogP contribution in [0.4, 0.5) is 16.2 Å². The molecule has 8 nitrogen and oxygen atoms in total. The maximum atomic E-state index is 12.4. The molecule has 1 aromatic carbocycles. The number of benzene rings is 1. The largest absolute Gasteiger partial charge is 0.328 e. The van der Waals surface area contributed by atoms with E-state index in [1.807, 2.05) is 43.9 Å². The van der Waals surface area contributed by atoms with Crippen LogP contribution in [0.25, 0.3) is 0 Å². The van der Waals surface area contributed by atoms with Crippen molar-refractivity contribution in [3.05, 3.63) is 35.9 Å². The summed E-state index contributed by atoms with van der Waals surface area (Å²) in [6.45, 7) is 7.38. The molecule has 0 aliphatic carbocycles. The van der Waals surface area contributed by atoms with Gasteiger partial charge >= 0.3 is 6.03 Å². The van der Waals surface area contributed by atoms with Crippen LogP contribution in [0.15, 0.2) is 24.5 Å². The molecule has 1 saturated heterocycles. The lowest BCUT2D eigenvalue weighted by atomic mass is 10.1. The number of nitrogens with one attached hydrogen (secondary N) is 2. The van der Waals surface area contributed by atoms with Crippen LogP contribution in [0.5, 0.6) is 0 Å². The minimum Gasteiger partial charge on any atom is -0.328 e. The van der Waals surface area contributed by atoms with Crippen molar-refractivity contribution in [2.45, 2.75) is 52.6 Å². The first-order valence-corrected chi connectivity index (χ1v) is 9.39. The molecule has 0 spiro atoms. The Morgan fingerprint density at radius 3 is 2.78 bits per heavy atom. The molecule has 3 amide bonds. The van der Waals surface area contributed by atoms with Gasteiger partial charge in [-0.05, 0) is 50.5 Å². The summed E-state index contributed by atoms with van der Waals surface area (Å²) in [5.41, 5.74) is 2.55. The smallest absolute Gasteiger partial charge is 0.319 e. The summed E-state index contributed by atoms with van der Waals surface area (Å²) >= 11 is 0. The Labute approximate surface area is 159 Å². The molecule has 0 radical (unpaired) electrons. The van der Waals surface area contributed by atoms with Gasteiger partial charge in [0.2, 0.25) is 5.91 Å². The minimum atomic E-state index is -0.295. The summed E-state index contributed by atoms with van der Waals surface area (Å²) in [4.78, 5) is 30.5. The third kappa shape index (κ3) is 4.10. The molecule has 0 saturated carbocycles. The first-order valence-electron chi connectivity index (χ1n) is 9.39. The standard InChI is InChI=1S/C19H26N6O2/c1-4-15(18-20-12-21-25(18)5-2)23-19(27)22-14-8-9-16(13(3)11-14)24-10-6-7-17(24)26/h8-9,11-12,15H,4-7,10H2,1-3H3,(H2,22,23,27). The molecular weight excluding hydrogens is 344 g/mol. The van der Waals surface area contributed by atoms with E-state index in [0.29, 0.717) is 25.1 Å². The van der Waals surface area contributed by atoms with Gasteiger partial charge in [-0.15, -0.1) is 0 Å². The van der Waals surface area contributed by atoms with Crippen molar-refractivity contribution in [1.82, 2.24) is 20.1 Å². The zero-order chi connectivity index (χ0) is 19.4. The quantitative estimate of drug-likeness (QED) is 0.817. The lowest BCUT2D eigenvalue weighted by molar-refractivity contribution is -0.117. The molecule has 0 bridgehead atoms. The van der Waals surface area contributed by atoms with Crippen LogP contribution in [-0.2, 0) is 11.3 Å². The van der Waals surface area contributed by atoms with E-state index in [1.54, 1.807) is 4.68 Å². The number of carbonyl (C=O) groups excluding carboxylic acids is 2. The Morgan fingerprint density at radius 1 is 1.33 bits per heavy atom. The topological polar surface area (TPSA) is 92.2 Å². The Morgan fingerprint density at radius 2 is 2.15 bits per heavy atom. The molecule has 2 N–H and O–H groups in total. The first kappa shape index (κ1) is 18.9. The molecule has 1 aromatic heterocycles. The van der Waals surface area contributed by atoms with Gasteiger partial charge in [0.25, 0.3) is 0 Å². The molecule has 3 rings (SSSR count). The number of nitrogens with zero attached hydrogens (tertiary/aromatic N) is 4. The van der Waals surface area contributed by atoms with Gasteiger partial charge in [0.15, 0.2) is 0 Å². The average Bonchev–Trinajstić information content (AvgIpc) is 3.28. The van der Waals surface area contributed by atoms with Crippen LogP contribution in [0.1, 0.15) is 50.5 Å². The number of aryl methyl sites for hydroxylation is 2. The number of hydrogen-bond donors (Lipinski definition) is 2. The molecule has 144 valence electrons. The fourth-order valence-electron chi connectivity index (χ4n) is 3.40. The van der Waals surface area contributed by atoms with Crippen molar-refractivity contribution in [2.75, 3.05) is 16.8 Å². The van der Waals surface area contributed by atoms with E-state index >= 15 is 0 Å². The van der Waals surface area contributed by atoms with E-state index in [-0.39, 0.29) is 18.0 Å². The van der Waals surface area contributed by atoms with Gasteiger partial charge in [-0.1, -0.05) is 6.92 Å². The van der Waals surface area contributed by atoms with Gasteiger partial charge in [0.1, 0.15) is 12.2 Å². The highest BCUT2D eigenvalue weighted by Crippen LogP contribution is 2.27. The highest BCUT2D eigenvalue weighted by molar-refractivity contribution is 5.96. The van der Waals surface area contributed by atoms with Crippen molar-refractivity contribution >= 4 is 23.3 Å². The van der Waals surface area contributed by atoms with Crippen molar-refractivity contribution < 1.29 is 9.59 Å². The number of anilines is 2. The highest BCUT2D eigenvalue weighted by Gasteiger charge is 2.23. The summed E-state index contributed by atoms with van der Waals surface area (Å²) < 4.78 is 1.78. The van der Waals surface area contributed by atoms with Crippen molar-refractivity contribution in [3.63, 3.8) is 0 Å². The predicted octanol–water partition coefficient (Wildman–Crippen LogP) is 3.01. The second-order valence-electron chi connectivity index (χ2n) is 6.64. The minimum absolute atomic E-state index is 0.155. The van der Waals surface area contributed by atoms with Gasteiger partial charge in [-0.2, -0.15) is 5.10 Å². The van der Waals surface area contributed by atoms with Crippen LogP contribution < -0.4 is 15.5 Å². The van der Waals surface area contributed by atoms with Gasteiger partial charge in [0, 0.05) is 30.9 Å². The zero-order valence-corrected chi connectivity index (χ0v) is 16.0. The molecule has 1 aliphatic rings. The van der Waals surface area contributed by atoms with Gasteiger partial charge in [-0.3, -0.25) is 4.79 Å². The molecule has 8 heteroatoms. The fraction of sp³-hybridized carbons (Fsp3) is 0.474. The lowest BCUT2D eigenvalue weighted by Crippen LogP contribution is -2.34. The van der Waals surface area contributed by atoms with Crippen LogP contribution >= 0.6 is 0 Å². The van der Waals surface area contributed by atoms with Crippen molar-refractivity contribution in [3.8, 4) is 0 Å². The Balaban J connectivity index is 1.67. The van der Waals surface area contributed by atoms with Crippen LogP contribution in [-0.4, -0.2) is 33.2 Å². The second kappa shape index (κ2) is 8.20. The van der Waals surface area contributed by atoms with E-state index in [0.717, 1.165) is 30.0 Å². The first-order chi connectivity index (χ1) is 13.0. The number of carbonyl (C=O) groups is 2. The monoisotopic (exact) mass is 370 g/mol. The third-order valence-corrected chi connectivity index (χ3v) is 4.79. The van der Waals surface area contributed by atoms with Gasteiger partial charge < -0.3 is 15.5 Å². The summed E-state index contributed by atoms with van der Waals surface area (Å²) in [6, 6.07) is 5.09. The molecule has 2 aromatic rings. The normalized spacial score (nSPS) is 15.1. The average molecular weight is 370 g/mol. The molecule has 27 heavy (non-hydrogen) atoms. The molecule has 2 heterocycles. The summed E-state index contributed by atoms with van der Waals surface area (Å²) in [5.74, 6) is 0.900. The molecule has 1 atom stereocenters. The van der Waals surface area contributed by atoms with E-state index in [4.69, 9.17) is 0 Å². The van der Waals surface area contributed by atoms with Crippen LogP contribution in [0.2, 0.25) is 0 Å². The van der Waals surface area contributed by atoms with Gasteiger partial charge in [-0.25, -0.2) is 14.5 Å². The maximum absolute atomic E-state index is 12.4. The molecule has 1 aliphatic heterocycles. The van der Waals surface area contributed by atoms with Crippen molar-refractivity contribution in [2.24, 2.45) is 0 Å². The Hall–Kier alpha value is -2.90. The Kier molecular flexibility index (Phi) is 5.73. The molecule has 1 fully saturated rings. The van der Waals surface area contributed by atoms with Gasteiger partial charge in [0.05, 0.1) is 6.04 Å². The van der Waals surface area contributed by atoms with E-state index in [2.05, 4.69) is 20.7 Å². The summed E-state index contributed by atoms with van der Waals surface area (Å²) in [6.07, 6.45) is 3.70. The number of rotatable bonds is 6. The number of aromatic nitrogens is 3.